The van der Waals surface area contributed by atoms with E-state index in [1.54, 1.807) is 7.11 Å². The molecule has 0 bridgehead atoms. The van der Waals surface area contributed by atoms with Crippen LogP contribution in [0.3, 0.4) is 0 Å². The molecule has 3 atom stereocenters. The van der Waals surface area contributed by atoms with Gasteiger partial charge in [0.2, 0.25) is 0 Å². The minimum atomic E-state index is -0.221. The SMILES string of the molecule is CN=C(NC1CC(C)(OC)C1(C)C)N1CCN(C(=O)C2CCCO2)CC1. The van der Waals surface area contributed by atoms with Gasteiger partial charge in [-0.2, -0.15) is 0 Å². The summed E-state index contributed by atoms with van der Waals surface area (Å²) in [5, 5.41) is 3.62. The Morgan fingerprint density at radius 2 is 1.85 bits per heavy atom. The number of nitrogens with zero attached hydrogens (tertiary/aromatic N) is 3. The minimum absolute atomic E-state index is 0.0370. The van der Waals surface area contributed by atoms with Crippen LogP contribution in [-0.2, 0) is 14.3 Å². The number of carbonyl (C=O) groups excluding carboxylic acids is 1. The topological polar surface area (TPSA) is 66.4 Å². The molecule has 2 aliphatic heterocycles. The molecule has 1 amide bonds. The molecule has 148 valence electrons. The van der Waals surface area contributed by atoms with Gasteiger partial charge in [0.15, 0.2) is 5.96 Å². The van der Waals surface area contributed by atoms with Crippen LogP contribution in [0.4, 0.5) is 0 Å². The van der Waals surface area contributed by atoms with Gasteiger partial charge < -0.3 is 24.6 Å². The van der Waals surface area contributed by atoms with E-state index in [0.29, 0.717) is 12.6 Å². The van der Waals surface area contributed by atoms with Crippen LogP contribution in [0.15, 0.2) is 4.99 Å². The number of amides is 1. The van der Waals surface area contributed by atoms with Gasteiger partial charge in [-0.1, -0.05) is 13.8 Å². The lowest BCUT2D eigenvalue weighted by molar-refractivity contribution is -0.177. The third kappa shape index (κ3) is 3.31. The Bertz CT molecular complexity index is 551. The van der Waals surface area contributed by atoms with E-state index in [9.17, 15) is 4.79 Å². The van der Waals surface area contributed by atoms with Gasteiger partial charge in [0.1, 0.15) is 6.10 Å². The van der Waals surface area contributed by atoms with Crippen LogP contribution < -0.4 is 5.32 Å². The highest BCUT2D eigenvalue weighted by molar-refractivity contribution is 5.83. The first-order valence-corrected chi connectivity index (χ1v) is 9.76. The van der Waals surface area contributed by atoms with Crippen molar-refractivity contribution in [1.29, 1.82) is 0 Å². The molecule has 1 saturated carbocycles. The average molecular weight is 367 g/mol. The molecule has 2 heterocycles. The van der Waals surface area contributed by atoms with E-state index in [1.807, 2.05) is 11.9 Å². The predicted octanol–water partition coefficient (Wildman–Crippen LogP) is 1.09. The van der Waals surface area contributed by atoms with E-state index in [-0.39, 0.29) is 23.0 Å². The molecule has 0 aromatic heterocycles. The number of hydrogen-bond donors (Lipinski definition) is 1. The molecule has 1 N–H and O–H groups in total. The summed E-state index contributed by atoms with van der Waals surface area (Å²) in [6.45, 7) is 10.4. The number of hydrogen-bond acceptors (Lipinski definition) is 4. The van der Waals surface area contributed by atoms with Crippen molar-refractivity contribution in [3.8, 4) is 0 Å². The molecule has 3 aliphatic rings. The third-order valence-corrected chi connectivity index (χ3v) is 6.89. The van der Waals surface area contributed by atoms with Crippen LogP contribution in [-0.4, -0.2) is 86.4 Å². The summed E-state index contributed by atoms with van der Waals surface area (Å²) >= 11 is 0. The van der Waals surface area contributed by atoms with E-state index >= 15 is 0 Å². The van der Waals surface area contributed by atoms with Crippen molar-refractivity contribution in [2.45, 2.75) is 57.8 Å². The fourth-order valence-electron chi connectivity index (χ4n) is 4.29. The largest absolute Gasteiger partial charge is 0.378 e. The van der Waals surface area contributed by atoms with Gasteiger partial charge in [-0.3, -0.25) is 9.79 Å². The highest BCUT2D eigenvalue weighted by Gasteiger charge is 2.58. The summed E-state index contributed by atoms with van der Waals surface area (Å²) in [7, 11) is 3.62. The zero-order valence-corrected chi connectivity index (χ0v) is 16.9. The molecule has 26 heavy (non-hydrogen) atoms. The van der Waals surface area contributed by atoms with Crippen molar-refractivity contribution in [3.05, 3.63) is 0 Å². The molecule has 0 radical (unpaired) electrons. The van der Waals surface area contributed by atoms with Crippen molar-refractivity contribution >= 4 is 11.9 Å². The van der Waals surface area contributed by atoms with Gasteiger partial charge in [-0.05, 0) is 26.2 Å². The number of rotatable bonds is 3. The van der Waals surface area contributed by atoms with Crippen molar-refractivity contribution in [1.82, 2.24) is 15.1 Å². The number of piperazine rings is 1. The maximum absolute atomic E-state index is 12.5. The first-order chi connectivity index (χ1) is 12.3. The highest BCUT2D eigenvalue weighted by atomic mass is 16.5. The monoisotopic (exact) mass is 366 g/mol. The predicted molar refractivity (Wildman–Crippen MR) is 101 cm³/mol. The van der Waals surface area contributed by atoms with Gasteiger partial charge in [-0.25, -0.2) is 0 Å². The summed E-state index contributed by atoms with van der Waals surface area (Å²) in [6, 6.07) is 0.331. The van der Waals surface area contributed by atoms with Gasteiger partial charge in [0, 0.05) is 58.4 Å². The number of carbonyl (C=O) groups is 1. The summed E-state index contributed by atoms with van der Waals surface area (Å²) in [5.41, 5.74) is -0.0643. The highest BCUT2D eigenvalue weighted by Crippen LogP contribution is 2.51. The molecular weight excluding hydrogens is 332 g/mol. The van der Waals surface area contributed by atoms with Crippen LogP contribution >= 0.6 is 0 Å². The fourth-order valence-corrected chi connectivity index (χ4v) is 4.29. The van der Waals surface area contributed by atoms with Crippen molar-refractivity contribution in [3.63, 3.8) is 0 Å². The molecule has 3 fully saturated rings. The maximum Gasteiger partial charge on any atom is 0.251 e. The number of guanidine groups is 1. The van der Waals surface area contributed by atoms with Crippen LogP contribution in [0.2, 0.25) is 0 Å². The second kappa shape index (κ2) is 7.35. The Balaban J connectivity index is 1.52. The quantitative estimate of drug-likeness (QED) is 0.598. The molecule has 3 rings (SSSR count). The van der Waals surface area contributed by atoms with E-state index in [1.165, 1.54) is 0 Å². The van der Waals surface area contributed by atoms with Gasteiger partial charge in [-0.15, -0.1) is 0 Å². The van der Waals surface area contributed by atoms with Gasteiger partial charge in [0.05, 0.1) is 5.60 Å². The number of nitrogens with one attached hydrogen (secondary N) is 1. The lowest BCUT2D eigenvalue weighted by Gasteiger charge is -2.59. The summed E-state index contributed by atoms with van der Waals surface area (Å²) < 4.78 is 11.3. The molecule has 0 spiro atoms. The van der Waals surface area contributed by atoms with Crippen LogP contribution in [0.25, 0.3) is 0 Å². The smallest absolute Gasteiger partial charge is 0.251 e. The Morgan fingerprint density at radius 3 is 2.35 bits per heavy atom. The molecule has 7 nitrogen and oxygen atoms in total. The van der Waals surface area contributed by atoms with Crippen molar-refractivity contribution < 1.29 is 14.3 Å². The Labute approximate surface area is 157 Å². The van der Waals surface area contributed by atoms with E-state index in [4.69, 9.17) is 9.47 Å². The lowest BCUT2D eigenvalue weighted by Crippen LogP contribution is -2.70. The number of ether oxygens (including phenoxy) is 2. The summed E-state index contributed by atoms with van der Waals surface area (Å²) in [4.78, 5) is 21.2. The molecule has 0 aromatic carbocycles. The van der Waals surface area contributed by atoms with E-state index < -0.39 is 0 Å². The van der Waals surface area contributed by atoms with Crippen LogP contribution in [0, 0.1) is 5.41 Å². The second-order valence-electron chi connectivity index (χ2n) is 8.42. The molecule has 3 unspecified atom stereocenters. The number of aliphatic imine (C=N–C) groups is 1. The van der Waals surface area contributed by atoms with Gasteiger partial charge in [0.25, 0.3) is 5.91 Å². The first kappa shape index (κ1) is 19.4. The molecule has 1 aliphatic carbocycles. The Morgan fingerprint density at radius 1 is 1.19 bits per heavy atom. The lowest BCUT2D eigenvalue weighted by atomic mass is 9.56. The summed E-state index contributed by atoms with van der Waals surface area (Å²) in [6.07, 6.45) is 2.59. The van der Waals surface area contributed by atoms with Crippen LogP contribution in [0.5, 0.6) is 0 Å². The summed E-state index contributed by atoms with van der Waals surface area (Å²) in [5.74, 6) is 1.08. The standard InChI is InChI=1S/C19H34N4O3/c1-18(2)15(13-19(18,3)25-5)21-17(20-4)23-10-8-22(9-11-23)16(24)14-7-6-12-26-14/h14-15H,6-13H2,1-5H3,(H,20,21). The zero-order valence-electron chi connectivity index (χ0n) is 16.9. The maximum atomic E-state index is 12.5. The second-order valence-corrected chi connectivity index (χ2v) is 8.42. The molecule has 2 saturated heterocycles. The third-order valence-electron chi connectivity index (χ3n) is 6.89. The van der Waals surface area contributed by atoms with E-state index in [0.717, 1.165) is 51.4 Å². The van der Waals surface area contributed by atoms with Crippen molar-refractivity contribution in [2.75, 3.05) is 46.9 Å². The zero-order chi connectivity index (χ0) is 18.9. The van der Waals surface area contributed by atoms with Crippen LogP contribution in [0.1, 0.15) is 40.0 Å². The molecular formula is C19H34N4O3. The minimum Gasteiger partial charge on any atom is -0.378 e. The number of methoxy groups -OCH3 is 1. The normalized spacial score (nSPS) is 34.6. The fraction of sp³-hybridized carbons (Fsp3) is 0.895. The Kier molecular flexibility index (Phi) is 5.49. The molecule has 7 heteroatoms. The molecule has 0 aromatic rings. The first-order valence-electron chi connectivity index (χ1n) is 9.76. The van der Waals surface area contributed by atoms with Gasteiger partial charge >= 0.3 is 0 Å². The Hall–Kier alpha value is -1.34. The van der Waals surface area contributed by atoms with E-state index in [2.05, 4.69) is 36.0 Å². The van der Waals surface area contributed by atoms with Crippen molar-refractivity contribution in [2.24, 2.45) is 10.4 Å². The average Bonchev–Trinajstić information content (AvgIpc) is 3.19.